The first-order valence-corrected chi connectivity index (χ1v) is 12.6. The molecule has 212 valence electrons. The fraction of sp³-hybridized carbons (Fsp3) is 0.444. The average molecular weight is 572 g/mol. The summed E-state index contributed by atoms with van der Waals surface area (Å²) in [4.78, 5) is 53.9. The number of nitriles is 1. The number of carbonyl (C=O) groups excluding carboxylic acids is 4. The number of phenols is 1. The number of halogens is 1. The van der Waals surface area contributed by atoms with Gasteiger partial charge in [-0.05, 0) is 55.6 Å². The van der Waals surface area contributed by atoms with Crippen molar-refractivity contribution in [3.8, 4) is 11.8 Å². The van der Waals surface area contributed by atoms with Crippen molar-refractivity contribution in [2.75, 3.05) is 14.1 Å². The molecule has 1 saturated carbocycles. The molecule has 1 amide bonds. The molecule has 0 aliphatic heterocycles. The molecule has 12 nitrogen and oxygen atoms in total. The Balaban J connectivity index is 2.19. The number of hydrogen-bond donors (Lipinski definition) is 6. The van der Waals surface area contributed by atoms with Crippen LogP contribution in [0.5, 0.6) is 5.75 Å². The summed E-state index contributed by atoms with van der Waals surface area (Å²) in [5, 5.41) is 43.6. The monoisotopic (exact) mass is 571 g/mol. The number of hydrogen-bond acceptors (Lipinski definition) is 11. The third kappa shape index (κ3) is 3.42. The summed E-state index contributed by atoms with van der Waals surface area (Å²) in [5.74, 6) is -6.20. The van der Waals surface area contributed by atoms with Crippen LogP contribution in [0.1, 0.15) is 54.2 Å². The summed E-state index contributed by atoms with van der Waals surface area (Å²) in [6.45, 7) is 5.22. The number of benzene rings is 1. The molecular weight excluding hydrogens is 542 g/mol. The fourth-order valence-corrected chi connectivity index (χ4v) is 6.81. The van der Waals surface area contributed by atoms with Crippen molar-refractivity contribution in [1.29, 1.82) is 5.26 Å². The fourth-order valence-electron chi connectivity index (χ4n) is 6.65. The van der Waals surface area contributed by atoms with Crippen LogP contribution in [-0.4, -0.2) is 74.2 Å². The molecule has 3 aliphatic rings. The van der Waals surface area contributed by atoms with E-state index in [2.05, 4.69) is 0 Å². The first-order chi connectivity index (χ1) is 18.2. The van der Waals surface area contributed by atoms with Crippen LogP contribution in [0.2, 0.25) is 0 Å². The van der Waals surface area contributed by atoms with E-state index < -0.39 is 85.5 Å². The predicted octanol–water partition coefficient (Wildman–Crippen LogP) is 0.582. The molecule has 1 fully saturated rings. The predicted molar refractivity (Wildman–Crippen MR) is 143 cm³/mol. The summed E-state index contributed by atoms with van der Waals surface area (Å²) >= 11 is 5.91. The molecule has 0 saturated heterocycles. The Labute approximate surface area is 234 Å². The largest absolute Gasteiger partial charge is 0.509 e. The van der Waals surface area contributed by atoms with Gasteiger partial charge < -0.3 is 32.5 Å². The van der Waals surface area contributed by atoms with Gasteiger partial charge in [0, 0.05) is 11.1 Å². The second kappa shape index (κ2) is 8.62. The van der Waals surface area contributed by atoms with E-state index in [1.54, 1.807) is 26.8 Å². The smallest absolute Gasteiger partial charge is 0.255 e. The summed E-state index contributed by atoms with van der Waals surface area (Å²) in [5.41, 5.74) is 9.64. The van der Waals surface area contributed by atoms with Crippen LogP contribution in [0, 0.1) is 16.7 Å². The molecule has 0 unspecified atom stereocenters. The molecule has 0 aromatic heterocycles. The Morgan fingerprint density at radius 1 is 1.18 bits per heavy atom. The molecule has 0 spiro atoms. The minimum absolute atomic E-state index is 0.0382. The molecule has 0 heterocycles. The van der Waals surface area contributed by atoms with Crippen molar-refractivity contribution in [1.82, 2.24) is 4.90 Å². The topological polar surface area (TPSA) is 234 Å². The second-order valence-electron chi connectivity index (χ2n) is 12.0. The molecule has 40 heavy (non-hydrogen) atoms. The van der Waals surface area contributed by atoms with E-state index in [0.717, 1.165) is 0 Å². The molecular formula is C27H30ClN5O7. The molecule has 13 heteroatoms. The first-order valence-electron chi connectivity index (χ1n) is 12.2. The minimum Gasteiger partial charge on any atom is -0.509 e. The number of ketones is 2. The molecule has 0 bridgehead atoms. The van der Waals surface area contributed by atoms with E-state index >= 15 is 0 Å². The van der Waals surface area contributed by atoms with Crippen molar-refractivity contribution < 1.29 is 34.5 Å². The summed E-state index contributed by atoms with van der Waals surface area (Å²) in [6.07, 6.45) is -0.915. The van der Waals surface area contributed by atoms with Crippen LogP contribution in [0.15, 0.2) is 23.0 Å². The zero-order valence-electron chi connectivity index (χ0n) is 22.5. The SMILES string of the molecule is CN(C)[C@@H]1C(=O)C(C(N)=O)=C(O)[C@@]2(C#N)C(=O)C3=C(O)c4c(O)c(C(C)(C)C)cc(C(=O)Cl)c4C[C@@]3(N)C[C@@]12N. The van der Waals surface area contributed by atoms with E-state index in [1.165, 1.54) is 25.1 Å². The lowest BCUT2D eigenvalue weighted by molar-refractivity contribution is -0.139. The van der Waals surface area contributed by atoms with E-state index in [-0.39, 0.29) is 28.7 Å². The highest BCUT2D eigenvalue weighted by molar-refractivity contribution is 6.68. The third-order valence-electron chi connectivity index (χ3n) is 8.27. The molecule has 3 aliphatic carbocycles. The van der Waals surface area contributed by atoms with Crippen molar-refractivity contribution in [2.24, 2.45) is 22.6 Å². The number of fused-ring (bicyclic) bond motifs is 3. The maximum absolute atomic E-state index is 14.4. The Morgan fingerprint density at radius 2 is 1.75 bits per heavy atom. The van der Waals surface area contributed by atoms with Gasteiger partial charge >= 0.3 is 0 Å². The quantitative estimate of drug-likeness (QED) is 0.217. The summed E-state index contributed by atoms with van der Waals surface area (Å²) in [6, 6.07) is 1.56. The number of Topliss-reactive ketones (excluding diaryl/α,β-unsaturated/α-hetero) is 2. The molecule has 0 radical (unpaired) electrons. The number of rotatable bonds is 3. The van der Waals surface area contributed by atoms with Gasteiger partial charge in [0.2, 0.25) is 0 Å². The number of carbonyl (C=O) groups is 4. The Hall–Kier alpha value is -3.76. The van der Waals surface area contributed by atoms with Crippen LogP contribution in [0.3, 0.4) is 0 Å². The van der Waals surface area contributed by atoms with E-state index in [9.17, 15) is 39.8 Å². The van der Waals surface area contributed by atoms with Crippen LogP contribution in [-0.2, 0) is 26.2 Å². The van der Waals surface area contributed by atoms with Gasteiger partial charge in [-0.25, -0.2) is 0 Å². The standard InChI is InChI=1S/C27H30ClN5O7/c1-24(2,3)12-6-10(22(28)39)11-7-25(31)8-27(32)19(33(4)5)18(36)14(23(30)40)20(37)26(27,9-29)21(38)15(25)17(35)13(11)16(12)34/h6,19,34-35,37H,7-8,31-32H2,1-5H3,(H2,30,40)/t19-,25-,26+,27-/m1/s1. The van der Waals surface area contributed by atoms with Gasteiger partial charge in [-0.1, -0.05) is 20.8 Å². The van der Waals surface area contributed by atoms with Crippen molar-refractivity contribution in [3.05, 3.63) is 45.2 Å². The van der Waals surface area contributed by atoms with E-state index in [1.807, 2.05) is 0 Å². The lowest BCUT2D eigenvalue weighted by Crippen LogP contribution is -2.80. The van der Waals surface area contributed by atoms with Gasteiger partial charge in [-0.3, -0.25) is 24.1 Å². The van der Waals surface area contributed by atoms with Crippen molar-refractivity contribution in [3.63, 3.8) is 0 Å². The van der Waals surface area contributed by atoms with Crippen LogP contribution in [0.4, 0.5) is 0 Å². The number of phenolic OH excluding ortho intramolecular Hbond substituents is 1. The maximum atomic E-state index is 14.4. The number of aliphatic hydroxyl groups is 2. The maximum Gasteiger partial charge on any atom is 0.255 e. The minimum atomic E-state index is -2.77. The van der Waals surface area contributed by atoms with Crippen molar-refractivity contribution in [2.45, 2.75) is 56.1 Å². The van der Waals surface area contributed by atoms with Gasteiger partial charge in [0.1, 0.15) is 22.8 Å². The number of primary amides is 1. The molecule has 4 atom stereocenters. The Morgan fingerprint density at radius 3 is 2.20 bits per heavy atom. The average Bonchev–Trinajstić information content (AvgIpc) is 2.76. The number of likely N-dealkylation sites (N-methyl/N-ethyl adjacent to an activating group) is 1. The highest BCUT2D eigenvalue weighted by Crippen LogP contribution is 2.59. The molecule has 9 N–H and O–H groups in total. The highest BCUT2D eigenvalue weighted by Gasteiger charge is 2.74. The van der Waals surface area contributed by atoms with Gasteiger partial charge in [0.05, 0.1) is 34.3 Å². The lowest BCUT2D eigenvalue weighted by atomic mass is 9.47. The van der Waals surface area contributed by atoms with Gasteiger partial charge in [-0.15, -0.1) is 0 Å². The zero-order valence-corrected chi connectivity index (χ0v) is 23.3. The number of aliphatic hydroxyl groups excluding tert-OH is 2. The van der Waals surface area contributed by atoms with E-state index in [4.69, 9.17) is 28.8 Å². The third-order valence-corrected chi connectivity index (χ3v) is 8.47. The summed E-state index contributed by atoms with van der Waals surface area (Å²) in [7, 11) is 2.84. The highest BCUT2D eigenvalue weighted by atomic mass is 35.5. The normalized spacial score (nSPS) is 30.1. The Kier molecular flexibility index (Phi) is 6.30. The van der Waals surface area contributed by atoms with Crippen LogP contribution < -0.4 is 17.2 Å². The second-order valence-corrected chi connectivity index (χ2v) is 12.3. The zero-order chi connectivity index (χ0) is 30.5. The Bertz CT molecular complexity index is 1550. The van der Waals surface area contributed by atoms with Gasteiger partial charge in [0.25, 0.3) is 11.1 Å². The number of nitrogens with zero attached hydrogens (tertiary/aromatic N) is 2. The van der Waals surface area contributed by atoms with Crippen molar-refractivity contribution >= 4 is 40.1 Å². The lowest BCUT2D eigenvalue weighted by Gasteiger charge is -2.58. The molecule has 1 aromatic carbocycles. The van der Waals surface area contributed by atoms with Gasteiger partial charge in [0.15, 0.2) is 17.0 Å². The first kappa shape index (κ1) is 29.2. The summed E-state index contributed by atoms with van der Waals surface area (Å²) < 4.78 is 0. The number of nitrogens with two attached hydrogens (primary N) is 3. The molecule has 4 rings (SSSR count). The van der Waals surface area contributed by atoms with Gasteiger partial charge in [-0.2, -0.15) is 5.26 Å². The van der Waals surface area contributed by atoms with Crippen LogP contribution >= 0.6 is 11.6 Å². The van der Waals surface area contributed by atoms with Crippen LogP contribution in [0.25, 0.3) is 5.76 Å². The molecule has 1 aromatic rings. The number of amides is 1. The number of aromatic hydroxyl groups is 1. The van der Waals surface area contributed by atoms with E-state index in [0.29, 0.717) is 0 Å².